The number of aromatic nitrogens is 1. The molecule has 0 spiro atoms. The predicted molar refractivity (Wildman–Crippen MR) is 95.5 cm³/mol. The molecule has 25 heavy (non-hydrogen) atoms. The topological polar surface area (TPSA) is 104 Å². The number of thiazole rings is 1. The number of amides is 1. The Labute approximate surface area is 149 Å². The number of benzene rings is 1. The molecule has 1 atom stereocenters. The van der Waals surface area contributed by atoms with Gasteiger partial charge in [0.15, 0.2) is 16.9 Å². The number of ether oxygens (including phenoxy) is 1. The SMILES string of the molecule is C=CCNc1nc(C(=O)O[C@@H](C)C(=O)Nc2cccc(C#N)c2)cs1. The summed E-state index contributed by atoms with van der Waals surface area (Å²) in [6.07, 6.45) is 0.664. The number of carbonyl (C=O) groups is 2. The molecule has 0 aliphatic carbocycles. The number of rotatable bonds is 7. The van der Waals surface area contributed by atoms with E-state index in [1.54, 1.807) is 29.7 Å². The molecule has 0 bridgehead atoms. The summed E-state index contributed by atoms with van der Waals surface area (Å²) in [7, 11) is 0. The van der Waals surface area contributed by atoms with Gasteiger partial charge in [-0.05, 0) is 25.1 Å². The monoisotopic (exact) mass is 356 g/mol. The Hall–Kier alpha value is -3.18. The Balaban J connectivity index is 1.93. The van der Waals surface area contributed by atoms with Gasteiger partial charge in [0.25, 0.3) is 5.91 Å². The Morgan fingerprint density at radius 1 is 1.52 bits per heavy atom. The molecule has 1 heterocycles. The van der Waals surface area contributed by atoms with Gasteiger partial charge in [0.2, 0.25) is 0 Å². The van der Waals surface area contributed by atoms with E-state index in [1.165, 1.54) is 24.3 Å². The second-order valence-corrected chi connectivity index (χ2v) is 5.79. The van der Waals surface area contributed by atoms with Crippen LogP contribution in [0.2, 0.25) is 0 Å². The van der Waals surface area contributed by atoms with Gasteiger partial charge in [-0.3, -0.25) is 4.79 Å². The molecule has 2 N–H and O–H groups in total. The van der Waals surface area contributed by atoms with Crippen molar-refractivity contribution in [3.8, 4) is 6.07 Å². The Kier molecular flexibility index (Phi) is 6.26. The standard InChI is InChI=1S/C17H16N4O3S/c1-3-7-19-17-21-14(10-25-17)16(23)24-11(2)15(22)20-13-6-4-5-12(8-13)9-18/h3-6,8,10-11H,1,7H2,2H3,(H,19,21)(H,20,22)/t11-/m0/s1. The zero-order valence-electron chi connectivity index (χ0n) is 13.5. The molecule has 0 aliphatic heterocycles. The zero-order valence-corrected chi connectivity index (χ0v) is 14.3. The van der Waals surface area contributed by atoms with E-state index in [4.69, 9.17) is 10.00 Å². The second-order valence-electron chi connectivity index (χ2n) is 4.94. The van der Waals surface area contributed by atoms with Crippen molar-refractivity contribution >= 4 is 34.0 Å². The minimum absolute atomic E-state index is 0.127. The summed E-state index contributed by atoms with van der Waals surface area (Å²) in [6, 6.07) is 8.44. The maximum absolute atomic E-state index is 12.1. The molecule has 0 saturated carbocycles. The van der Waals surface area contributed by atoms with Gasteiger partial charge in [-0.25, -0.2) is 9.78 Å². The zero-order chi connectivity index (χ0) is 18.2. The fourth-order valence-corrected chi connectivity index (χ4v) is 2.48. The highest BCUT2D eigenvalue weighted by atomic mass is 32.1. The summed E-state index contributed by atoms with van der Waals surface area (Å²) in [5.74, 6) is -1.18. The number of hydrogen-bond donors (Lipinski definition) is 2. The molecule has 1 amide bonds. The largest absolute Gasteiger partial charge is 0.448 e. The molecular formula is C17H16N4O3S. The van der Waals surface area contributed by atoms with Gasteiger partial charge in [0.05, 0.1) is 11.6 Å². The Bertz CT molecular complexity index is 825. The van der Waals surface area contributed by atoms with Gasteiger partial charge in [-0.1, -0.05) is 12.1 Å². The lowest BCUT2D eigenvalue weighted by molar-refractivity contribution is -0.123. The molecule has 0 unspecified atom stereocenters. The normalized spacial score (nSPS) is 11.0. The number of anilines is 2. The van der Waals surface area contributed by atoms with E-state index >= 15 is 0 Å². The number of nitriles is 1. The smallest absolute Gasteiger partial charge is 0.358 e. The lowest BCUT2D eigenvalue weighted by Gasteiger charge is -2.12. The Morgan fingerprint density at radius 2 is 2.32 bits per heavy atom. The van der Waals surface area contributed by atoms with Crippen LogP contribution in [-0.4, -0.2) is 29.5 Å². The lowest BCUT2D eigenvalue weighted by atomic mass is 10.2. The van der Waals surface area contributed by atoms with Gasteiger partial charge >= 0.3 is 5.97 Å². The van der Waals surface area contributed by atoms with Gasteiger partial charge in [0.1, 0.15) is 0 Å². The van der Waals surface area contributed by atoms with Crippen LogP contribution in [-0.2, 0) is 9.53 Å². The molecule has 128 valence electrons. The molecular weight excluding hydrogens is 340 g/mol. The fourth-order valence-electron chi connectivity index (χ4n) is 1.79. The summed E-state index contributed by atoms with van der Waals surface area (Å²) in [6.45, 7) is 5.58. The number of nitrogens with one attached hydrogen (secondary N) is 2. The molecule has 2 rings (SSSR count). The highest BCUT2D eigenvalue weighted by Gasteiger charge is 2.21. The van der Waals surface area contributed by atoms with Crippen LogP contribution in [0.4, 0.5) is 10.8 Å². The summed E-state index contributed by atoms with van der Waals surface area (Å²) >= 11 is 1.26. The van der Waals surface area contributed by atoms with Crippen LogP contribution in [0.5, 0.6) is 0 Å². The summed E-state index contributed by atoms with van der Waals surface area (Å²) in [4.78, 5) is 28.2. The van der Waals surface area contributed by atoms with Gasteiger partial charge in [-0.2, -0.15) is 5.26 Å². The average Bonchev–Trinajstić information content (AvgIpc) is 3.09. The predicted octanol–water partition coefficient (Wildman–Crippen LogP) is 2.80. The number of esters is 1. The van der Waals surface area contributed by atoms with E-state index in [9.17, 15) is 9.59 Å². The summed E-state index contributed by atoms with van der Waals surface area (Å²) in [5.41, 5.74) is 1.00. The van der Waals surface area contributed by atoms with Crippen molar-refractivity contribution in [3.63, 3.8) is 0 Å². The van der Waals surface area contributed by atoms with Gasteiger partial charge in [0, 0.05) is 17.6 Å². The van der Waals surface area contributed by atoms with E-state index in [1.807, 2.05) is 6.07 Å². The van der Waals surface area contributed by atoms with Crippen LogP contribution in [0.1, 0.15) is 23.0 Å². The van der Waals surface area contributed by atoms with Crippen LogP contribution in [0.15, 0.2) is 42.3 Å². The Morgan fingerprint density at radius 3 is 3.04 bits per heavy atom. The first-order valence-corrected chi connectivity index (χ1v) is 8.23. The van der Waals surface area contributed by atoms with E-state index < -0.39 is 18.0 Å². The van der Waals surface area contributed by atoms with Crippen LogP contribution in [0, 0.1) is 11.3 Å². The highest BCUT2D eigenvalue weighted by Crippen LogP contribution is 2.17. The lowest BCUT2D eigenvalue weighted by Crippen LogP contribution is -2.30. The van der Waals surface area contributed by atoms with Crippen molar-refractivity contribution in [2.75, 3.05) is 17.2 Å². The number of hydrogen-bond acceptors (Lipinski definition) is 7. The van der Waals surface area contributed by atoms with Crippen molar-refractivity contribution in [3.05, 3.63) is 53.6 Å². The van der Waals surface area contributed by atoms with Crippen molar-refractivity contribution in [1.29, 1.82) is 5.26 Å². The van der Waals surface area contributed by atoms with Crippen LogP contribution < -0.4 is 10.6 Å². The van der Waals surface area contributed by atoms with E-state index in [-0.39, 0.29) is 5.69 Å². The molecule has 8 heteroatoms. The first-order chi connectivity index (χ1) is 12.0. The van der Waals surface area contributed by atoms with Crippen LogP contribution in [0.25, 0.3) is 0 Å². The summed E-state index contributed by atoms with van der Waals surface area (Å²) < 4.78 is 5.13. The third-order valence-corrected chi connectivity index (χ3v) is 3.82. The molecule has 2 aromatic rings. The van der Waals surface area contributed by atoms with Crippen molar-refractivity contribution in [2.24, 2.45) is 0 Å². The van der Waals surface area contributed by atoms with E-state index in [0.29, 0.717) is 22.9 Å². The molecule has 1 aromatic carbocycles. The van der Waals surface area contributed by atoms with Crippen LogP contribution in [0.3, 0.4) is 0 Å². The van der Waals surface area contributed by atoms with Gasteiger partial charge in [-0.15, -0.1) is 17.9 Å². The van der Waals surface area contributed by atoms with Crippen molar-refractivity contribution in [1.82, 2.24) is 4.98 Å². The maximum Gasteiger partial charge on any atom is 0.358 e. The van der Waals surface area contributed by atoms with E-state index in [2.05, 4.69) is 22.2 Å². The molecule has 0 fully saturated rings. The fraction of sp³-hybridized carbons (Fsp3) is 0.176. The highest BCUT2D eigenvalue weighted by molar-refractivity contribution is 7.13. The minimum Gasteiger partial charge on any atom is -0.448 e. The number of nitrogens with zero attached hydrogens (tertiary/aromatic N) is 2. The molecule has 0 saturated heterocycles. The molecule has 1 aromatic heterocycles. The molecule has 0 aliphatic rings. The van der Waals surface area contributed by atoms with Crippen molar-refractivity contribution < 1.29 is 14.3 Å². The van der Waals surface area contributed by atoms with E-state index in [0.717, 1.165) is 0 Å². The third-order valence-electron chi connectivity index (χ3n) is 3.02. The molecule has 0 radical (unpaired) electrons. The first kappa shape index (κ1) is 18.2. The number of carbonyl (C=O) groups excluding carboxylic acids is 2. The average molecular weight is 356 g/mol. The first-order valence-electron chi connectivity index (χ1n) is 7.35. The minimum atomic E-state index is -1.01. The van der Waals surface area contributed by atoms with Crippen molar-refractivity contribution in [2.45, 2.75) is 13.0 Å². The third kappa shape index (κ3) is 5.16. The van der Waals surface area contributed by atoms with Crippen LogP contribution >= 0.6 is 11.3 Å². The van der Waals surface area contributed by atoms with Gasteiger partial charge < -0.3 is 15.4 Å². The molecule has 7 nitrogen and oxygen atoms in total. The maximum atomic E-state index is 12.1. The quantitative estimate of drug-likeness (QED) is 0.584. The second kappa shape index (κ2) is 8.61. The summed E-state index contributed by atoms with van der Waals surface area (Å²) in [5, 5.41) is 16.5.